The van der Waals surface area contributed by atoms with Crippen LogP contribution in [0.1, 0.15) is 36.4 Å². The third-order valence-electron chi connectivity index (χ3n) is 5.36. The number of benzene rings is 2. The zero-order valence-corrected chi connectivity index (χ0v) is 14.9. The van der Waals surface area contributed by atoms with E-state index in [1.54, 1.807) is 0 Å². The topological polar surface area (TPSA) is 24.5 Å². The minimum Gasteiger partial charge on any atom is -0.489 e. The molecule has 3 heteroatoms. The normalized spacial score (nSPS) is 19.5. The Labute approximate surface area is 151 Å². The van der Waals surface area contributed by atoms with Gasteiger partial charge in [0.05, 0.1) is 0 Å². The summed E-state index contributed by atoms with van der Waals surface area (Å²) in [5.41, 5.74) is 2.65. The zero-order chi connectivity index (χ0) is 16.9. The summed E-state index contributed by atoms with van der Waals surface area (Å²) in [5, 5.41) is 3.47. The van der Waals surface area contributed by atoms with Crippen molar-refractivity contribution in [3.05, 3.63) is 65.7 Å². The molecule has 4 rings (SSSR count). The highest BCUT2D eigenvalue weighted by Crippen LogP contribution is 2.40. The van der Waals surface area contributed by atoms with E-state index >= 15 is 0 Å². The molecule has 1 aliphatic carbocycles. The molecule has 0 aromatic heterocycles. The molecule has 0 radical (unpaired) electrons. The van der Waals surface area contributed by atoms with Crippen molar-refractivity contribution in [1.82, 2.24) is 10.2 Å². The minimum absolute atomic E-state index is 0.567. The van der Waals surface area contributed by atoms with E-state index in [0.717, 1.165) is 37.8 Å². The van der Waals surface area contributed by atoms with Crippen molar-refractivity contribution in [2.75, 3.05) is 26.2 Å². The van der Waals surface area contributed by atoms with Gasteiger partial charge in [0.25, 0.3) is 0 Å². The Balaban J connectivity index is 1.41. The summed E-state index contributed by atoms with van der Waals surface area (Å²) in [7, 11) is 0. The summed E-state index contributed by atoms with van der Waals surface area (Å²) < 4.78 is 5.94. The SMILES string of the molecule is c1ccc(COc2ccc([C@H](CC3CC3)N3CCNCC3)cc2)cc1. The summed E-state index contributed by atoms with van der Waals surface area (Å²) in [6.07, 6.45) is 4.14. The van der Waals surface area contributed by atoms with Crippen molar-refractivity contribution < 1.29 is 4.74 Å². The van der Waals surface area contributed by atoms with Crippen LogP contribution in [0.15, 0.2) is 54.6 Å². The van der Waals surface area contributed by atoms with Crippen LogP contribution in [0.4, 0.5) is 0 Å². The number of nitrogens with one attached hydrogen (secondary N) is 1. The molecule has 2 aliphatic rings. The second-order valence-corrected chi connectivity index (χ2v) is 7.32. The average molecular weight is 336 g/mol. The van der Waals surface area contributed by atoms with E-state index in [1.807, 2.05) is 6.07 Å². The number of ether oxygens (including phenoxy) is 1. The Morgan fingerprint density at radius 3 is 2.36 bits per heavy atom. The first kappa shape index (κ1) is 16.6. The predicted molar refractivity (Wildman–Crippen MR) is 102 cm³/mol. The van der Waals surface area contributed by atoms with E-state index in [2.05, 4.69) is 58.7 Å². The van der Waals surface area contributed by atoms with E-state index in [-0.39, 0.29) is 0 Å². The van der Waals surface area contributed by atoms with E-state index < -0.39 is 0 Å². The van der Waals surface area contributed by atoms with Crippen LogP contribution in [0.25, 0.3) is 0 Å². The molecule has 1 aliphatic heterocycles. The van der Waals surface area contributed by atoms with Crippen LogP contribution in [0.2, 0.25) is 0 Å². The molecule has 2 fully saturated rings. The van der Waals surface area contributed by atoms with E-state index in [4.69, 9.17) is 4.74 Å². The second kappa shape index (κ2) is 8.03. The van der Waals surface area contributed by atoms with Crippen LogP contribution in [0.5, 0.6) is 5.75 Å². The van der Waals surface area contributed by atoms with Crippen LogP contribution in [0, 0.1) is 5.92 Å². The van der Waals surface area contributed by atoms with Gasteiger partial charge in [-0.05, 0) is 35.6 Å². The molecule has 0 spiro atoms. The summed E-state index contributed by atoms with van der Waals surface area (Å²) in [5.74, 6) is 1.90. The molecule has 2 aromatic rings. The first-order chi connectivity index (χ1) is 12.4. The van der Waals surface area contributed by atoms with Crippen molar-refractivity contribution in [1.29, 1.82) is 0 Å². The lowest BCUT2D eigenvalue weighted by Gasteiger charge is -2.35. The van der Waals surface area contributed by atoms with Gasteiger partial charge in [-0.25, -0.2) is 0 Å². The van der Waals surface area contributed by atoms with Crippen molar-refractivity contribution in [3.8, 4) is 5.75 Å². The largest absolute Gasteiger partial charge is 0.489 e. The van der Waals surface area contributed by atoms with Gasteiger partial charge in [0, 0.05) is 32.2 Å². The Bertz CT molecular complexity index is 645. The number of hydrogen-bond acceptors (Lipinski definition) is 3. The second-order valence-electron chi connectivity index (χ2n) is 7.32. The van der Waals surface area contributed by atoms with E-state index in [9.17, 15) is 0 Å². The Kier molecular flexibility index (Phi) is 5.34. The van der Waals surface area contributed by atoms with Gasteiger partial charge in [0.15, 0.2) is 0 Å². The fourth-order valence-corrected chi connectivity index (χ4v) is 3.69. The molecule has 132 valence electrons. The smallest absolute Gasteiger partial charge is 0.119 e. The van der Waals surface area contributed by atoms with E-state index in [1.165, 1.54) is 30.4 Å². The monoisotopic (exact) mass is 336 g/mol. The summed E-state index contributed by atoms with van der Waals surface area (Å²) in [4.78, 5) is 2.66. The zero-order valence-electron chi connectivity index (χ0n) is 14.9. The minimum atomic E-state index is 0.567. The molecule has 1 saturated carbocycles. The highest BCUT2D eigenvalue weighted by molar-refractivity contribution is 5.30. The van der Waals surface area contributed by atoms with Gasteiger partial charge in [-0.2, -0.15) is 0 Å². The van der Waals surface area contributed by atoms with Crippen molar-refractivity contribution in [2.45, 2.75) is 31.9 Å². The summed E-state index contributed by atoms with van der Waals surface area (Å²) in [6.45, 7) is 5.16. The molecule has 3 nitrogen and oxygen atoms in total. The molecular weight excluding hydrogens is 308 g/mol. The Morgan fingerprint density at radius 2 is 1.68 bits per heavy atom. The molecular formula is C22H28N2O. The van der Waals surface area contributed by atoms with Crippen LogP contribution >= 0.6 is 0 Å². The van der Waals surface area contributed by atoms with Gasteiger partial charge in [-0.1, -0.05) is 55.3 Å². The number of piperazine rings is 1. The molecule has 0 unspecified atom stereocenters. The van der Waals surface area contributed by atoms with Crippen LogP contribution in [0.3, 0.4) is 0 Å². The van der Waals surface area contributed by atoms with Gasteiger partial charge >= 0.3 is 0 Å². The molecule has 1 saturated heterocycles. The van der Waals surface area contributed by atoms with Gasteiger partial charge in [-0.15, -0.1) is 0 Å². The molecule has 0 bridgehead atoms. The third kappa shape index (κ3) is 4.62. The van der Waals surface area contributed by atoms with E-state index in [0.29, 0.717) is 12.6 Å². The first-order valence-electron chi connectivity index (χ1n) is 9.60. The van der Waals surface area contributed by atoms with Gasteiger partial charge in [0.2, 0.25) is 0 Å². The third-order valence-corrected chi connectivity index (χ3v) is 5.36. The lowest BCUT2D eigenvalue weighted by molar-refractivity contribution is 0.160. The van der Waals surface area contributed by atoms with Crippen molar-refractivity contribution in [2.24, 2.45) is 5.92 Å². The van der Waals surface area contributed by atoms with Crippen molar-refractivity contribution >= 4 is 0 Å². The summed E-state index contributed by atoms with van der Waals surface area (Å²) >= 11 is 0. The Hall–Kier alpha value is -1.84. The maximum absolute atomic E-state index is 5.94. The van der Waals surface area contributed by atoms with Crippen molar-refractivity contribution in [3.63, 3.8) is 0 Å². The fourth-order valence-electron chi connectivity index (χ4n) is 3.69. The van der Waals surface area contributed by atoms with Crippen LogP contribution < -0.4 is 10.1 Å². The maximum Gasteiger partial charge on any atom is 0.119 e. The quantitative estimate of drug-likeness (QED) is 0.827. The van der Waals surface area contributed by atoms with Gasteiger partial charge in [-0.3, -0.25) is 4.90 Å². The van der Waals surface area contributed by atoms with Crippen LogP contribution in [-0.2, 0) is 6.61 Å². The predicted octanol–water partition coefficient (Wildman–Crippen LogP) is 4.01. The molecule has 25 heavy (non-hydrogen) atoms. The summed E-state index contributed by atoms with van der Waals surface area (Å²) in [6, 6.07) is 19.7. The molecule has 1 atom stereocenters. The number of nitrogens with zero attached hydrogens (tertiary/aromatic N) is 1. The average Bonchev–Trinajstić information content (AvgIpc) is 3.51. The lowest BCUT2D eigenvalue weighted by Crippen LogP contribution is -2.45. The molecule has 2 aromatic carbocycles. The van der Waals surface area contributed by atoms with Crippen LogP contribution in [-0.4, -0.2) is 31.1 Å². The number of rotatable bonds is 7. The van der Waals surface area contributed by atoms with Gasteiger partial charge < -0.3 is 10.1 Å². The standard InChI is InChI=1S/C22H28N2O/c1-2-4-19(5-3-1)17-25-21-10-8-20(9-11-21)22(16-18-6-7-18)24-14-12-23-13-15-24/h1-5,8-11,18,22-23H,6-7,12-17H2/t22-/m0/s1. The maximum atomic E-state index is 5.94. The number of hydrogen-bond donors (Lipinski definition) is 1. The van der Waals surface area contributed by atoms with Gasteiger partial charge in [0.1, 0.15) is 12.4 Å². The lowest BCUT2D eigenvalue weighted by atomic mass is 9.98. The Morgan fingerprint density at radius 1 is 0.960 bits per heavy atom. The molecule has 1 N–H and O–H groups in total. The first-order valence-corrected chi connectivity index (χ1v) is 9.60. The fraction of sp³-hybridized carbons (Fsp3) is 0.455. The highest BCUT2D eigenvalue weighted by Gasteiger charge is 2.30. The highest BCUT2D eigenvalue weighted by atomic mass is 16.5. The molecule has 0 amide bonds. The molecule has 1 heterocycles.